The zero-order chi connectivity index (χ0) is 5.70. The maximum atomic E-state index is 3.12. The van der Waals surface area contributed by atoms with Gasteiger partial charge >= 0.3 is 0 Å². The van der Waals surface area contributed by atoms with Crippen LogP contribution >= 0.6 is 0 Å². The molecule has 0 aromatic carbocycles. The summed E-state index contributed by atoms with van der Waals surface area (Å²) >= 11 is 0. The summed E-state index contributed by atoms with van der Waals surface area (Å²) in [6, 6.07) is 0. The van der Waals surface area contributed by atoms with Crippen molar-refractivity contribution in [1.82, 2.24) is 5.32 Å². The number of hydrogen-bond acceptors (Lipinski definition) is 1. The lowest BCUT2D eigenvalue weighted by molar-refractivity contribution is 0.765. The van der Waals surface area contributed by atoms with Crippen molar-refractivity contribution in [1.29, 1.82) is 0 Å². The molecule has 0 radical (unpaired) electrons. The molecule has 0 unspecified atom stereocenters. The monoisotopic (exact) mass is 99.1 g/mol. The van der Waals surface area contributed by atoms with E-state index in [1.54, 1.807) is 0 Å². The predicted molar refractivity (Wildman–Crippen MR) is 36.4 cm³/mol. The minimum absolute atomic E-state index is 0.838. The van der Waals surface area contributed by atoms with Gasteiger partial charge in [-0.1, -0.05) is 19.6 Å². The van der Waals surface area contributed by atoms with E-state index in [1.807, 2.05) is 7.05 Å². The van der Waals surface area contributed by atoms with Crippen LogP contribution in [0.4, 0.5) is 0 Å². The molecule has 1 nitrogen and oxygen atoms in total. The highest BCUT2D eigenvalue weighted by Crippen LogP contribution is 1.94. The minimum atomic E-state index is 0.838. The van der Waals surface area contributed by atoms with E-state index in [9.17, 15) is 0 Å². The lowest BCUT2D eigenvalue weighted by Gasteiger charge is -2.02. The third-order valence-corrected chi connectivity index (χ3v) is 1.25. The van der Waals surface area contributed by atoms with E-state index in [0.717, 1.165) is 12.4 Å². The fourth-order valence-electron chi connectivity index (χ4n) is 0.493. The van der Waals surface area contributed by atoms with Gasteiger partial charge in [0.15, 0.2) is 0 Å². The zero-order valence-electron chi connectivity index (χ0n) is 5.49. The van der Waals surface area contributed by atoms with Gasteiger partial charge < -0.3 is 5.32 Å². The zero-order valence-corrected chi connectivity index (χ0v) is 5.49. The Morgan fingerprint density at radius 1 is 1.71 bits per heavy atom. The molecule has 2 heteroatoms. The Labute approximate surface area is 46.7 Å². The molecular formula is C5H14BN. The molecule has 0 fully saturated rings. The second-order valence-corrected chi connectivity index (χ2v) is 2.07. The average Bonchev–Trinajstić information content (AvgIpc) is 1.68. The van der Waals surface area contributed by atoms with Crippen molar-refractivity contribution in [3.63, 3.8) is 0 Å². The third-order valence-electron chi connectivity index (χ3n) is 1.25. The summed E-state index contributed by atoms with van der Waals surface area (Å²) in [4.78, 5) is 0. The second-order valence-electron chi connectivity index (χ2n) is 2.07. The molecule has 1 N–H and O–H groups in total. The highest BCUT2D eigenvalue weighted by molar-refractivity contribution is 6.35. The molecule has 0 amide bonds. The molecule has 42 valence electrons. The molecule has 0 saturated heterocycles. The predicted octanol–water partition coefficient (Wildman–Crippen LogP) is 0.499. The first-order valence-electron chi connectivity index (χ1n) is 2.95. The van der Waals surface area contributed by atoms with Crippen LogP contribution in [0, 0.1) is 0 Å². The average molecular weight is 99.0 g/mol. The topological polar surface area (TPSA) is 12.0 Å². The summed E-state index contributed by atoms with van der Waals surface area (Å²) < 4.78 is 0. The van der Waals surface area contributed by atoms with E-state index in [-0.39, 0.29) is 0 Å². The molecule has 0 aliphatic heterocycles. The van der Waals surface area contributed by atoms with Crippen molar-refractivity contribution >= 4 is 7.28 Å². The van der Waals surface area contributed by atoms with Crippen molar-refractivity contribution in [2.45, 2.75) is 19.6 Å². The molecule has 0 heterocycles. The molecule has 0 aliphatic carbocycles. The van der Waals surface area contributed by atoms with Gasteiger partial charge in [-0.25, -0.2) is 0 Å². The van der Waals surface area contributed by atoms with Crippen molar-refractivity contribution in [2.24, 2.45) is 0 Å². The summed E-state index contributed by atoms with van der Waals surface area (Å²) in [6.45, 7) is 5.61. The quantitative estimate of drug-likeness (QED) is 0.508. The van der Waals surface area contributed by atoms with Gasteiger partial charge in [0.1, 0.15) is 7.28 Å². The van der Waals surface area contributed by atoms with Crippen molar-refractivity contribution in [3.8, 4) is 0 Å². The Hall–Kier alpha value is 0.0249. The van der Waals surface area contributed by atoms with Crippen molar-refractivity contribution in [2.75, 3.05) is 13.6 Å². The lowest BCUT2D eigenvalue weighted by Crippen LogP contribution is -2.14. The third kappa shape index (κ3) is 3.87. The van der Waals surface area contributed by atoms with Gasteiger partial charge in [-0.05, 0) is 13.6 Å². The molecule has 1 atom stereocenters. The van der Waals surface area contributed by atoms with E-state index in [2.05, 4.69) is 19.1 Å². The van der Waals surface area contributed by atoms with Crippen LogP contribution in [0.15, 0.2) is 0 Å². The lowest BCUT2D eigenvalue weighted by atomic mass is 9.68. The van der Waals surface area contributed by atoms with Crippen LogP contribution in [0.1, 0.15) is 6.92 Å². The number of rotatable bonds is 3. The van der Waals surface area contributed by atoms with Crippen molar-refractivity contribution in [3.05, 3.63) is 0 Å². The molecule has 7 heavy (non-hydrogen) atoms. The summed E-state index contributed by atoms with van der Waals surface area (Å²) in [5.41, 5.74) is 0. The van der Waals surface area contributed by atoms with Crippen LogP contribution in [0.25, 0.3) is 0 Å². The summed E-state index contributed by atoms with van der Waals surface area (Å²) in [6.07, 6.45) is 0. The van der Waals surface area contributed by atoms with Gasteiger partial charge in [-0.3, -0.25) is 0 Å². The normalized spacial score (nSPS) is 13.6. The molecule has 0 rings (SSSR count). The smallest absolute Gasteiger partial charge is 0.122 e. The molecule has 0 aromatic rings. The van der Waals surface area contributed by atoms with E-state index in [1.165, 1.54) is 7.28 Å². The van der Waals surface area contributed by atoms with Gasteiger partial charge in [0.2, 0.25) is 0 Å². The van der Waals surface area contributed by atoms with Crippen LogP contribution in [0.5, 0.6) is 0 Å². The Morgan fingerprint density at radius 2 is 2.29 bits per heavy atom. The fraction of sp³-hybridized carbons (Fsp3) is 1.00. The molecule has 0 saturated carbocycles. The van der Waals surface area contributed by atoms with Gasteiger partial charge in [0.05, 0.1) is 0 Å². The highest BCUT2D eigenvalue weighted by Gasteiger charge is 1.94. The first-order valence-corrected chi connectivity index (χ1v) is 2.95. The SMILES string of the molecule is CB[C@@H](C)CNC. The second kappa shape index (κ2) is 4.19. The summed E-state index contributed by atoms with van der Waals surface area (Å²) in [5, 5.41) is 3.12. The van der Waals surface area contributed by atoms with E-state index < -0.39 is 0 Å². The van der Waals surface area contributed by atoms with E-state index in [0.29, 0.717) is 0 Å². The maximum absolute atomic E-state index is 3.12. The standard InChI is InChI=1S/C5H14BN/c1-5(6-2)4-7-3/h5-7H,4H2,1-3H3/t5-/m0/s1. The first kappa shape index (κ1) is 7.02. The molecule has 0 bridgehead atoms. The Bertz CT molecular complexity index is 39.1. The molecule has 0 aromatic heterocycles. The molecule has 0 spiro atoms. The fourth-order valence-corrected chi connectivity index (χ4v) is 0.493. The van der Waals surface area contributed by atoms with Crippen molar-refractivity contribution < 1.29 is 0 Å². The molecular weight excluding hydrogens is 84.9 g/mol. The van der Waals surface area contributed by atoms with Crippen LogP contribution in [0.3, 0.4) is 0 Å². The van der Waals surface area contributed by atoms with Gasteiger partial charge in [0.25, 0.3) is 0 Å². The summed E-state index contributed by atoms with van der Waals surface area (Å²) in [5.74, 6) is 0.838. The van der Waals surface area contributed by atoms with Crippen LogP contribution in [-0.4, -0.2) is 20.9 Å². The van der Waals surface area contributed by atoms with Gasteiger partial charge in [0, 0.05) is 0 Å². The Balaban J connectivity index is 2.83. The Kier molecular flexibility index (Phi) is 4.21. The van der Waals surface area contributed by atoms with Crippen LogP contribution in [-0.2, 0) is 0 Å². The highest BCUT2D eigenvalue weighted by atomic mass is 14.8. The van der Waals surface area contributed by atoms with Crippen LogP contribution < -0.4 is 5.32 Å². The summed E-state index contributed by atoms with van der Waals surface area (Å²) in [7, 11) is 3.27. The van der Waals surface area contributed by atoms with Crippen LogP contribution in [0.2, 0.25) is 12.6 Å². The number of nitrogens with one attached hydrogen (secondary N) is 1. The first-order chi connectivity index (χ1) is 3.31. The maximum Gasteiger partial charge on any atom is 0.122 e. The largest absolute Gasteiger partial charge is 0.320 e. The van der Waals surface area contributed by atoms with E-state index in [4.69, 9.17) is 0 Å². The minimum Gasteiger partial charge on any atom is -0.320 e. The van der Waals surface area contributed by atoms with E-state index >= 15 is 0 Å². The van der Waals surface area contributed by atoms with Gasteiger partial charge in [-0.15, -0.1) is 0 Å². The van der Waals surface area contributed by atoms with Gasteiger partial charge in [-0.2, -0.15) is 0 Å². The molecule has 0 aliphatic rings. The Morgan fingerprint density at radius 3 is 2.43 bits per heavy atom. The number of hydrogen-bond donors (Lipinski definition) is 1.